The van der Waals surface area contributed by atoms with Gasteiger partial charge in [0.15, 0.2) is 0 Å². The number of carbonyl (C=O) groups is 4. The van der Waals surface area contributed by atoms with E-state index < -0.39 is 12.1 Å². The zero-order valence-corrected chi connectivity index (χ0v) is 16.3. The van der Waals surface area contributed by atoms with E-state index >= 15 is 0 Å². The summed E-state index contributed by atoms with van der Waals surface area (Å²) in [5.74, 6) is -0.670. The van der Waals surface area contributed by atoms with Gasteiger partial charge in [0.2, 0.25) is 17.7 Å². The van der Waals surface area contributed by atoms with Crippen LogP contribution in [0.2, 0.25) is 0 Å². The van der Waals surface area contributed by atoms with E-state index in [0.717, 1.165) is 18.4 Å². The van der Waals surface area contributed by atoms with Crippen molar-refractivity contribution in [1.82, 2.24) is 16.0 Å². The third-order valence-electron chi connectivity index (χ3n) is 5.32. The molecule has 7 nitrogen and oxygen atoms in total. The molecular weight excluding hydrogens is 370 g/mol. The van der Waals surface area contributed by atoms with Gasteiger partial charge in [0.25, 0.3) is 0 Å². The summed E-state index contributed by atoms with van der Waals surface area (Å²) >= 11 is 0. The van der Waals surface area contributed by atoms with E-state index in [1.165, 1.54) is 6.08 Å². The van der Waals surface area contributed by atoms with E-state index in [9.17, 15) is 19.2 Å². The predicted octanol–water partition coefficient (Wildman–Crippen LogP) is 1.19. The predicted molar refractivity (Wildman–Crippen MR) is 108 cm³/mol. The van der Waals surface area contributed by atoms with Crippen LogP contribution in [-0.4, -0.2) is 42.6 Å². The summed E-state index contributed by atoms with van der Waals surface area (Å²) in [4.78, 5) is 48.2. The van der Waals surface area contributed by atoms with E-state index in [1.54, 1.807) is 6.08 Å². The van der Waals surface area contributed by atoms with Crippen molar-refractivity contribution in [2.24, 2.45) is 11.8 Å². The number of aldehydes is 1. The molecule has 1 heterocycles. The molecule has 1 aliphatic carbocycles. The van der Waals surface area contributed by atoms with Crippen molar-refractivity contribution in [2.45, 2.75) is 44.2 Å². The summed E-state index contributed by atoms with van der Waals surface area (Å²) < 4.78 is 0. The summed E-state index contributed by atoms with van der Waals surface area (Å²) in [5, 5.41) is 8.19. The van der Waals surface area contributed by atoms with Crippen molar-refractivity contribution in [1.29, 1.82) is 0 Å². The normalized spacial score (nSPS) is 20.7. The first-order valence-corrected chi connectivity index (χ1v) is 10.1. The highest BCUT2D eigenvalue weighted by Gasteiger charge is 2.32. The summed E-state index contributed by atoms with van der Waals surface area (Å²) in [6.45, 7) is 0.594. The number of hydrogen-bond acceptors (Lipinski definition) is 4. The van der Waals surface area contributed by atoms with Crippen molar-refractivity contribution in [3.63, 3.8) is 0 Å². The van der Waals surface area contributed by atoms with Crippen LogP contribution in [0.3, 0.4) is 0 Å². The molecule has 3 atom stereocenters. The Balaban J connectivity index is 1.57. The molecule has 3 rings (SSSR count). The average molecular weight is 397 g/mol. The smallest absolute Gasteiger partial charge is 0.244 e. The molecule has 1 aliphatic heterocycles. The van der Waals surface area contributed by atoms with Crippen molar-refractivity contribution in [3.8, 4) is 0 Å². The Bertz CT molecular complexity index is 774. The van der Waals surface area contributed by atoms with Crippen LogP contribution in [0.1, 0.15) is 37.7 Å². The zero-order chi connectivity index (χ0) is 20.6. The van der Waals surface area contributed by atoms with E-state index in [-0.39, 0.29) is 30.1 Å². The fraction of sp³-hybridized carbons (Fsp3) is 0.455. The molecule has 1 unspecified atom stereocenters. The number of carbonyl (C=O) groups excluding carboxylic acids is 4. The van der Waals surface area contributed by atoms with Gasteiger partial charge < -0.3 is 20.7 Å². The van der Waals surface area contributed by atoms with Crippen LogP contribution in [0, 0.1) is 11.8 Å². The molecule has 0 bridgehead atoms. The molecule has 1 aromatic carbocycles. The molecule has 3 amide bonds. The molecule has 0 radical (unpaired) electrons. The molecule has 1 aromatic rings. The maximum atomic E-state index is 12.7. The molecule has 3 N–H and O–H groups in total. The fourth-order valence-corrected chi connectivity index (χ4v) is 3.48. The monoisotopic (exact) mass is 397 g/mol. The Kier molecular flexibility index (Phi) is 7.16. The minimum atomic E-state index is -0.741. The summed E-state index contributed by atoms with van der Waals surface area (Å²) in [7, 11) is 0. The van der Waals surface area contributed by atoms with Gasteiger partial charge in [-0.1, -0.05) is 43.2 Å². The lowest BCUT2D eigenvalue weighted by molar-refractivity contribution is -0.129. The quantitative estimate of drug-likeness (QED) is 0.407. The minimum Gasteiger partial charge on any atom is -0.356 e. The number of rotatable bonds is 10. The molecule has 0 aromatic heterocycles. The fourth-order valence-electron chi connectivity index (χ4n) is 3.48. The second-order valence-corrected chi connectivity index (χ2v) is 7.75. The van der Waals surface area contributed by atoms with Crippen LogP contribution >= 0.6 is 0 Å². The van der Waals surface area contributed by atoms with Gasteiger partial charge in [-0.2, -0.15) is 0 Å². The Hall–Kier alpha value is -2.96. The summed E-state index contributed by atoms with van der Waals surface area (Å²) in [6.07, 6.45) is 7.32. The Morgan fingerprint density at radius 3 is 2.48 bits per heavy atom. The highest BCUT2D eigenvalue weighted by atomic mass is 16.2. The number of hydrogen-bond donors (Lipinski definition) is 3. The third kappa shape index (κ3) is 6.55. The van der Waals surface area contributed by atoms with E-state index in [1.807, 2.05) is 30.3 Å². The number of benzene rings is 1. The molecule has 2 fully saturated rings. The van der Waals surface area contributed by atoms with Crippen LogP contribution in [0.15, 0.2) is 36.4 Å². The molecule has 1 saturated heterocycles. The maximum absolute atomic E-state index is 12.7. The van der Waals surface area contributed by atoms with Gasteiger partial charge in [-0.3, -0.25) is 14.4 Å². The molecule has 1 saturated carbocycles. The topological polar surface area (TPSA) is 104 Å². The summed E-state index contributed by atoms with van der Waals surface area (Å²) in [6, 6.07) is 7.98. The average Bonchev–Trinajstić information content (AvgIpc) is 3.46. The Labute approximate surface area is 170 Å². The van der Waals surface area contributed by atoms with Crippen LogP contribution in [-0.2, 0) is 19.2 Å². The van der Waals surface area contributed by atoms with Crippen molar-refractivity contribution in [3.05, 3.63) is 42.0 Å². The van der Waals surface area contributed by atoms with Gasteiger partial charge in [0, 0.05) is 18.5 Å². The van der Waals surface area contributed by atoms with Gasteiger partial charge in [0.1, 0.15) is 12.3 Å². The molecule has 0 spiro atoms. The van der Waals surface area contributed by atoms with Crippen molar-refractivity contribution >= 4 is 30.1 Å². The number of nitrogens with one attached hydrogen (secondary N) is 3. The second kappa shape index (κ2) is 10.0. The first kappa shape index (κ1) is 20.8. The maximum Gasteiger partial charge on any atom is 0.244 e. The SMILES string of the molecule is O=CC(C[C@@H]1CCNC1=O)NC(=O)[C@H](CC1CC1)NC(=O)/C=C/c1ccccc1. The van der Waals surface area contributed by atoms with Gasteiger partial charge in [-0.25, -0.2) is 0 Å². The van der Waals surface area contributed by atoms with E-state index in [4.69, 9.17) is 0 Å². The standard InChI is InChI=1S/C22H27N3O4/c26-14-18(13-17-10-11-23-21(17)28)24-22(29)19(12-16-6-7-16)25-20(27)9-8-15-4-2-1-3-5-15/h1-5,8-9,14,16-19H,6-7,10-13H2,(H,23,28)(H,24,29)(H,25,27)/b9-8+/t17-,18?,19-/m0/s1. The van der Waals surface area contributed by atoms with Gasteiger partial charge in [-0.05, 0) is 36.8 Å². The first-order valence-electron chi connectivity index (χ1n) is 10.1. The van der Waals surface area contributed by atoms with E-state index in [0.29, 0.717) is 31.6 Å². The molecule has 154 valence electrons. The van der Waals surface area contributed by atoms with Crippen molar-refractivity contribution < 1.29 is 19.2 Å². The van der Waals surface area contributed by atoms with Gasteiger partial charge >= 0.3 is 0 Å². The zero-order valence-electron chi connectivity index (χ0n) is 16.3. The first-order chi connectivity index (χ1) is 14.0. The summed E-state index contributed by atoms with van der Waals surface area (Å²) in [5.41, 5.74) is 0.890. The van der Waals surface area contributed by atoms with Gasteiger partial charge in [-0.15, -0.1) is 0 Å². The molecule has 2 aliphatic rings. The highest BCUT2D eigenvalue weighted by molar-refractivity contribution is 5.96. The lowest BCUT2D eigenvalue weighted by atomic mass is 9.98. The largest absolute Gasteiger partial charge is 0.356 e. The van der Waals surface area contributed by atoms with Crippen LogP contribution in [0.4, 0.5) is 0 Å². The number of amides is 3. The van der Waals surface area contributed by atoms with Crippen molar-refractivity contribution in [2.75, 3.05) is 6.54 Å². The second-order valence-electron chi connectivity index (χ2n) is 7.75. The third-order valence-corrected chi connectivity index (χ3v) is 5.32. The molecule has 7 heteroatoms. The van der Waals surface area contributed by atoms with Gasteiger partial charge in [0.05, 0.1) is 6.04 Å². The van der Waals surface area contributed by atoms with Crippen LogP contribution < -0.4 is 16.0 Å². The Morgan fingerprint density at radius 1 is 1.10 bits per heavy atom. The minimum absolute atomic E-state index is 0.0834. The lowest BCUT2D eigenvalue weighted by Crippen LogP contribution is -2.50. The molecular formula is C22H27N3O4. The lowest BCUT2D eigenvalue weighted by Gasteiger charge is -2.21. The van der Waals surface area contributed by atoms with Crippen LogP contribution in [0.25, 0.3) is 6.08 Å². The highest BCUT2D eigenvalue weighted by Crippen LogP contribution is 2.33. The van der Waals surface area contributed by atoms with E-state index in [2.05, 4.69) is 16.0 Å². The van der Waals surface area contributed by atoms with Crippen LogP contribution in [0.5, 0.6) is 0 Å². The Morgan fingerprint density at radius 2 is 1.86 bits per heavy atom. The molecule has 29 heavy (non-hydrogen) atoms.